The van der Waals surface area contributed by atoms with E-state index in [1.807, 2.05) is 13.2 Å². The van der Waals surface area contributed by atoms with Crippen molar-refractivity contribution >= 4 is 24.5 Å². The summed E-state index contributed by atoms with van der Waals surface area (Å²) >= 11 is 1.40. The largest absolute Gasteiger partial charge is 0.249 e. The van der Waals surface area contributed by atoms with E-state index >= 15 is 0 Å². The zero-order chi connectivity index (χ0) is 5.54. The van der Waals surface area contributed by atoms with E-state index in [-0.39, 0.29) is 0 Å². The summed E-state index contributed by atoms with van der Waals surface area (Å²) in [5, 5.41) is 0. The normalized spacial score (nSPS) is 11.7. The molecule has 0 rings (SSSR count). The number of hydrogen-bond acceptors (Lipinski definition) is 2. The fraction of sp³-hybridized carbons (Fsp3) is 0.500. The van der Waals surface area contributed by atoms with Crippen LogP contribution < -0.4 is 0 Å². The number of rotatable bonds is 2. The van der Waals surface area contributed by atoms with Crippen molar-refractivity contribution in [2.45, 2.75) is 6.92 Å². The molecule has 0 fully saturated rings. The molecular weight excluding hydrogens is 108 g/mol. The molecule has 0 aromatic heterocycles. The van der Waals surface area contributed by atoms with E-state index in [0.29, 0.717) is 0 Å². The molecule has 0 amide bonds. The molecule has 0 aromatic carbocycles. The van der Waals surface area contributed by atoms with Crippen LogP contribution in [-0.2, 0) is 0 Å². The summed E-state index contributed by atoms with van der Waals surface area (Å²) in [6.07, 6.45) is 5.10. The summed E-state index contributed by atoms with van der Waals surface area (Å²) in [7, 11) is 0. The molecule has 7 heavy (non-hydrogen) atoms. The molecule has 40 valence electrons. The third-order valence-electron chi connectivity index (χ3n) is 0.368. The molecule has 0 aliphatic rings. The van der Waals surface area contributed by atoms with Gasteiger partial charge in [0.05, 0.1) is 0 Å². The van der Waals surface area contributed by atoms with Gasteiger partial charge in [0.2, 0.25) is 0 Å². The van der Waals surface area contributed by atoms with Gasteiger partial charge < -0.3 is 0 Å². The van der Waals surface area contributed by atoms with Gasteiger partial charge in [0.1, 0.15) is 6.34 Å². The third kappa shape index (κ3) is 5.69. The molecule has 0 saturated heterocycles. The Labute approximate surface area is 47.9 Å². The predicted octanol–water partition coefficient (Wildman–Crippen LogP) is 1.38. The van der Waals surface area contributed by atoms with Gasteiger partial charge in [-0.25, -0.2) is 9.39 Å². The van der Waals surface area contributed by atoms with Gasteiger partial charge in [-0.05, 0) is 18.9 Å². The maximum Gasteiger partial charge on any atom is 0.123 e. The molecule has 0 aromatic rings. The highest BCUT2D eigenvalue weighted by Gasteiger charge is 1.58. The molecule has 0 aliphatic carbocycles. The minimum absolute atomic E-state index is 1.40. The van der Waals surface area contributed by atoms with Crippen molar-refractivity contribution in [1.82, 2.24) is 0 Å². The SMILES string of the molecule is C/C=N\C=N/SC. The second kappa shape index (κ2) is 5.69. The van der Waals surface area contributed by atoms with Crippen LogP contribution in [0.4, 0.5) is 0 Å². The molecule has 0 heterocycles. The smallest absolute Gasteiger partial charge is 0.123 e. The number of hydrogen-bond donors (Lipinski definition) is 0. The predicted molar refractivity (Wildman–Crippen MR) is 36.2 cm³/mol. The Morgan fingerprint density at radius 1 is 1.57 bits per heavy atom. The van der Waals surface area contributed by atoms with Crippen LogP contribution >= 0.6 is 11.9 Å². The Balaban J connectivity index is 3.09. The first-order chi connectivity index (χ1) is 3.41. The number of nitrogens with zero attached hydrogens (tertiary/aromatic N) is 2. The Morgan fingerprint density at radius 3 is 2.71 bits per heavy atom. The molecular formula is C4H8N2S. The lowest BCUT2D eigenvalue weighted by Crippen LogP contribution is -1.60. The molecule has 0 unspecified atom stereocenters. The van der Waals surface area contributed by atoms with Gasteiger partial charge in [-0.1, -0.05) is 0 Å². The maximum absolute atomic E-state index is 3.76. The van der Waals surface area contributed by atoms with Gasteiger partial charge in [0.15, 0.2) is 0 Å². The fourth-order valence-corrected chi connectivity index (χ4v) is 0.290. The van der Waals surface area contributed by atoms with Gasteiger partial charge in [-0.3, -0.25) is 0 Å². The fourth-order valence-electron chi connectivity index (χ4n) is 0.141. The van der Waals surface area contributed by atoms with E-state index in [1.54, 1.807) is 6.21 Å². The van der Waals surface area contributed by atoms with E-state index in [1.165, 1.54) is 18.3 Å². The van der Waals surface area contributed by atoms with E-state index in [9.17, 15) is 0 Å². The lowest BCUT2D eigenvalue weighted by molar-refractivity contribution is 1.73. The monoisotopic (exact) mass is 116 g/mol. The van der Waals surface area contributed by atoms with E-state index < -0.39 is 0 Å². The zero-order valence-electron chi connectivity index (χ0n) is 4.46. The molecule has 0 spiro atoms. The van der Waals surface area contributed by atoms with E-state index in [2.05, 4.69) is 9.39 Å². The summed E-state index contributed by atoms with van der Waals surface area (Å²) in [5.41, 5.74) is 0. The topological polar surface area (TPSA) is 24.7 Å². The quantitative estimate of drug-likeness (QED) is 0.304. The summed E-state index contributed by atoms with van der Waals surface area (Å²) in [4.78, 5) is 3.72. The highest BCUT2D eigenvalue weighted by molar-refractivity contribution is 7.97. The highest BCUT2D eigenvalue weighted by Crippen LogP contribution is 1.88. The third-order valence-corrected chi connectivity index (χ3v) is 0.673. The summed E-state index contributed by atoms with van der Waals surface area (Å²) < 4.78 is 3.76. The first kappa shape index (κ1) is 6.69. The van der Waals surface area contributed by atoms with Crippen LogP contribution in [0.15, 0.2) is 9.39 Å². The van der Waals surface area contributed by atoms with E-state index in [0.717, 1.165) is 0 Å². The molecule has 0 N–H and O–H groups in total. The standard InChI is InChI=1S/C4H8N2S/c1-3-5-4-6-7-2/h3-4H,1-2H3/b5-3-,6-4-. The lowest BCUT2D eigenvalue weighted by atomic mass is 10.9. The lowest BCUT2D eigenvalue weighted by Gasteiger charge is -1.71. The second-order valence-electron chi connectivity index (χ2n) is 0.811. The Bertz CT molecular complexity index is 77.8. The van der Waals surface area contributed by atoms with Crippen LogP contribution in [0.1, 0.15) is 6.92 Å². The van der Waals surface area contributed by atoms with Gasteiger partial charge in [0.25, 0.3) is 0 Å². The van der Waals surface area contributed by atoms with Gasteiger partial charge in [-0.15, -0.1) is 0 Å². The first-order valence-corrected chi connectivity index (χ1v) is 3.12. The van der Waals surface area contributed by atoms with Gasteiger partial charge >= 0.3 is 0 Å². The maximum atomic E-state index is 3.76. The average Bonchev–Trinajstić information content (AvgIpc) is 1.69. The molecule has 3 heteroatoms. The first-order valence-electron chi connectivity index (χ1n) is 1.94. The van der Waals surface area contributed by atoms with E-state index in [4.69, 9.17) is 0 Å². The van der Waals surface area contributed by atoms with Crippen molar-refractivity contribution in [2.24, 2.45) is 9.39 Å². The Morgan fingerprint density at radius 2 is 2.29 bits per heavy atom. The minimum atomic E-state index is 1.40. The van der Waals surface area contributed by atoms with Gasteiger partial charge in [-0.2, -0.15) is 0 Å². The highest BCUT2D eigenvalue weighted by atomic mass is 32.2. The van der Waals surface area contributed by atoms with Crippen LogP contribution in [0.25, 0.3) is 0 Å². The van der Waals surface area contributed by atoms with Crippen molar-refractivity contribution in [1.29, 1.82) is 0 Å². The molecule has 0 aliphatic heterocycles. The summed E-state index contributed by atoms with van der Waals surface area (Å²) in [5.74, 6) is 0. The molecule has 0 saturated carbocycles. The number of aliphatic imine (C=N–C) groups is 1. The van der Waals surface area contributed by atoms with Crippen molar-refractivity contribution in [2.75, 3.05) is 6.26 Å². The molecule has 2 nitrogen and oxygen atoms in total. The van der Waals surface area contributed by atoms with Crippen LogP contribution in [-0.4, -0.2) is 18.8 Å². The van der Waals surface area contributed by atoms with Crippen molar-refractivity contribution in [3.05, 3.63) is 0 Å². The van der Waals surface area contributed by atoms with Crippen molar-refractivity contribution in [3.63, 3.8) is 0 Å². The van der Waals surface area contributed by atoms with Gasteiger partial charge in [0, 0.05) is 12.5 Å². The van der Waals surface area contributed by atoms with Crippen LogP contribution in [0, 0.1) is 0 Å². The molecule has 0 bridgehead atoms. The van der Waals surface area contributed by atoms with Crippen molar-refractivity contribution < 1.29 is 0 Å². The minimum Gasteiger partial charge on any atom is -0.249 e. The second-order valence-corrected chi connectivity index (χ2v) is 1.39. The summed E-state index contributed by atoms with van der Waals surface area (Å²) in [6, 6.07) is 0. The van der Waals surface area contributed by atoms with Crippen molar-refractivity contribution in [3.8, 4) is 0 Å². The average molecular weight is 116 g/mol. The molecule has 0 atom stereocenters. The Kier molecular flexibility index (Phi) is 5.44. The van der Waals surface area contributed by atoms with Crippen LogP contribution in [0.2, 0.25) is 0 Å². The summed E-state index contributed by atoms with van der Waals surface area (Å²) in [6.45, 7) is 1.85. The van der Waals surface area contributed by atoms with Crippen LogP contribution in [0.5, 0.6) is 0 Å². The van der Waals surface area contributed by atoms with Crippen LogP contribution in [0.3, 0.4) is 0 Å². The zero-order valence-corrected chi connectivity index (χ0v) is 5.27. The Hall–Kier alpha value is -0.310. The molecule has 0 radical (unpaired) electrons.